The van der Waals surface area contributed by atoms with Gasteiger partial charge in [-0.25, -0.2) is 0 Å². The van der Waals surface area contributed by atoms with Crippen LogP contribution in [-0.2, 0) is 0 Å². The third kappa shape index (κ3) is 3.98. The van der Waals surface area contributed by atoms with Crippen molar-refractivity contribution in [2.24, 2.45) is 0 Å². The second kappa shape index (κ2) is 6.18. The number of benzene rings is 2. The van der Waals surface area contributed by atoms with Gasteiger partial charge in [-0.1, -0.05) is 41.9 Å². The predicted molar refractivity (Wildman–Crippen MR) is 74.2 cm³/mol. The molecule has 0 aliphatic rings. The van der Waals surface area contributed by atoms with Crippen molar-refractivity contribution in [3.05, 3.63) is 70.7 Å². The van der Waals surface area contributed by atoms with Crippen LogP contribution in [0.5, 0.6) is 0 Å². The second-order valence-corrected chi connectivity index (χ2v) is 4.80. The minimum absolute atomic E-state index is 0.0210. The molecule has 2 rings (SSSR count). The fourth-order valence-electron chi connectivity index (χ4n) is 1.82. The number of rotatable bonds is 3. The Labute approximate surface area is 124 Å². The van der Waals surface area contributed by atoms with E-state index in [-0.39, 0.29) is 11.1 Å². The first-order chi connectivity index (χ1) is 9.88. The van der Waals surface area contributed by atoms with Crippen molar-refractivity contribution in [1.29, 1.82) is 0 Å². The SMILES string of the molecule is O=C(N[C@@H](c1ccccc1)C(F)(F)F)c1ccc(Cl)cc1. The van der Waals surface area contributed by atoms with Crippen LogP contribution in [0.1, 0.15) is 22.0 Å². The highest BCUT2D eigenvalue weighted by atomic mass is 35.5. The van der Waals surface area contributed by atoms with Gasteiger partial charge in [-0.3, -0.25) is 4.79 Å². The van der Waals surface area contributed by atoms with Crippen molar-refractivity contribution in [1.82, 2.24) is 5.32 Å². The summed E-state index contributed by atoms with van der Waals surface area (Å²) < 4.78 is 39.3. The summed E-state index contributed by atoms with van der Waals surface area (Å²) in [6.07, 6.45) is -4.58. The zero-order valence-corrected chi connectivity index (χ0v) is 11.4. The Balaban J connectivity index is 2.24. The molecule has 110 valence electrons. The van der Waals surface area contributed by atoms with Gasteiger partial charge >= 0.3 is 6.18 Å². The van der Waals surface area contributed by atoms with Crippen molar-refractivity contribution in [3.63, 3.8) is 0 Å². The third-order valence-electron chi connectivity index (χ3n) is 2.84. The molecule has 1 amide bonds. The molecule has 21 heavy (non-hydrogen) atoms. The molecule has 2 aromatic rings. The zero-order chi connectivity index (χ0) is 15.5. The minimum Gasteiger partial charge on any atom is -0.337 e. The number of hydrogen-bond acceptors (Lipinski definition) is 1. The number of hydrogen-bond donors (Lipinski definition) is 1. The lowest BCUT2D eigenvalue weighted by atomic mass is 10.1. The van der Waals surface area contributed by atoms with Gasteiger partial charge in [0, 0.05) is 10.6 Å². The molecular weight excluding hydrogens is 303 g/mol. The van der Waals surface area contributed by atoms with Crippen molar-refractivity contribution in [3.8, 4) is 0 Å². The average molecular weight is 314 g/mol. The summed E-state index contributed by atoms with van der Waals surface area (Å²) in [6.45, 7) is 0. The fraction of sp³-hybridized carbons (Fsp3) is 0.133. The van der Waals surface area contributed by atoms with E-state index in [1.165, 1.54) is 48.5 Å². The van der Waals surface area contributed by atoms with E-state index in [9.17, 15) is 18.0 Å². The van der Waals surface area contributed by atoms with Crippen LogP contribution in [0.25, 0.3) is 0 Å². The minimum atomic E-state index is -4.58. The van der Waals surface area contributed by atoms with Gasteiger partial charge in [0.1, 0.15) is 0 Å². The Morgan fingerprint density at radius 2 is 1.57 bits per heavy atom. The van der Waals surface area contributed by atoms with Gasteiger partial charge in [-0.05, 0) is 29.8 Å². The average Bonchev–Trinajstić information content (AvgIpc) is 2.45. The Hall–Kier alpha value is -2.01. The summed E-state index contributed by atoms with van der Waals surface area (Å²) in [7, 11) is 0. The summed E-state index contributed by atoms with van der Waals surface area (Å²) in [5, 5.41) is 2.41. The van der Waals surface area contributed by atoms with E-state index in [2.05, 4.69) is 0 Å². The maximum Gasteiger partial charge on any atom is 0.412 e. The van der Waals surface area contributed by atoms with Crippen LogP contribution in [0.15, 0.2) is 54.6 Å². The molecule has 2 nitrogen and oxygen atoms in total. The Kier molecular flexibility index (Phi) is 4.53. The van der Waals surface area contributed by atoms with E-state index >= 15 is 0 Å². The first-order valence-electron chi connectivity index (χ1n) is 6.06. The van der Waals surface area contributed by atoms with E-state index in [1.807, 2.05) is 5.32 Å². The molecule has 0 aromatic heterocycles. The zero-order valence-electron chi connectivity index (χ0n) is 10.7. The Morgan fingerprint density at radius 1 is 1.00 bits per heavy atom. The van der Waals surface area contributed by atoms with Crippen LogP contribution in [0.4, 0.5) is 13.2 Å². The third-order valence-corrected chi connectivity index (χ3v) is 3.09. The molecule has 0 heterocycles. The molecule has 0 aliphatic heterocycles. The molecular formula is C15H11ClF3NO. The molecule has 0 saturated carbocycles. The van der Waals surface area contributed by atoms with Crippen LogP contribution >= 0.6 is 11.6 Å². The normalized spacial score (nSPS) is 12.8. The molecule has 0 spiro atoms. The van der Waals surface area contributed by atoms with Crippen LogP contribution in [0, 0.1) is 0 Å². The Bertz CT molecular complexity index is 611. The number of alkyl halides is 3. The molecule has 0 unspecified atom stereocenters. The van der Waals surface area contributed by atoms with E-state index in [0.717, 1.165) is 0 Å². The molecule has 0 fully saturated rings. The summed E-state index contributed by atoms with van der Waals surface area (Å²) in [4.78, 5) is 11.9. The van der Waals surface area contributed by atoms with Gasteiger partial charge < -0.3 is 5.32 Å². The van der Waals surface area contributed by atoms with E-state index in [0.29, 0.717) is 5.02 Å². The molecule has 0 saturated heterocycles. The van der Waals surface area contributed by atoms with Crippen molar-refractivity contribution in [2.45, 2.75) is 12.2 Å². The highest BCUT2D eigenvalue weighted by molar-refractivity contribution is 6.30. The van der Waals surface area contributed by atoms with Gasteiger partial charge in [0.05, 0.1) is 0 Å². The van der Waals surface area contributed by atoms with E-state index in [1.54, 1.807) is 6.07 Å². The number of amides is 1. The number of halogens is 4. The molecule has 1 atom stereocenters. The molecule has 0 bridgehead atoms. The smallest absolute Gasteiger partial charge is 0.337 e. The van der Waals surface area contributed by atoms with Crippen molar-refractivity contribution >= 4 is 17.5 Å². The number of nitrogens with one attached hydrogen (secondary N) is 1. The highest BCUT2D eigenvalue weighted by Gasteiger charge is 2.41. The molecule has 2 aromatic carbocycles. The van der Waals surface area contributed by atoms with Crippen LogP contribution in [-0.4, -0.2) is 12.1 Å². The maximum atomic E-state index is 13.1. The fourth-order valence-corrected chi connectivity index (χ4v) is 1.94. The van der Waals surface area contributed by atoms with Crippen LogP contribution in [0.3, 0.4) is 0 Å². The largest absolute Gasteiger partial charge is 0.412 e. The molecule has 6 heteroatoms. The summed E-state index contributed by atoms with van der Waals surface area (Å²) in [5.74, 6) is -0.808. The standard InChI is InChI=1S/C15H11ClF3NO/c16-12-8-6-11(7-9-12)14(21)20-13(15(17,18)19)10-4-2-1-3-5-10/h1-9,13H,(H,20,21)/t13-/m0/s1. The molecule has 0 aliphatic carbocycles. The molecule has 1 N–H and O–H groups in total. The van der Waals surface area contributed by atoms with Gasteiger partial charge in [0.25, 0.3) is 5.91 Å². The lowest BCUT2D eigenvalue weighted by Gasteiger charge is -2.22. The van der Waals surface area contributed by atoms with Crippen molar-refractivity contribution < 1.29 is 18.0 Å². The quantitative estimate of drug-likeness (QED) is 0.895. The van der Waals surface area contributed by atoms with Gasteiger partial charge in [-0.2, -0.15) is 13.2 Å². The van der Waals surface area contributed by atoms with E-state index in [4.69, 9.17) is 11.6 Å². The first-order valence-corrected chi connectivity index (χ1v) is 6.44. The van der Waals surface area contributed by atoms with E-state index < -0.39 is 18.1 Å². The van der Waals surface area contributed by atoms with Gasteiger partial charge in [0.15, 0.2) is 6.04 Å². The predicted octanol–water partition coefficient (Wildman–Crippen LogP) is 4.37. The topological polar surface area (TPSA) is 29.1 Å². The Morgan fingerprint density at radius 3 is 2.10 bits per heavy atom. The van der Waals surface area contributed by atoms with Crippen LogP contribution < -0.4 is 5.32 Å². The first kappa shape index (κ1) is 15.4. The lowest BCUT2D eigenvalue weighted by molar-refractivity contribution is -0.155. The summed E-state index contributed by atoms with van der Waals surface area (Å²) in [5.41, 5.74) is 0.0943. The number of carbonyl (C=O) groups is 1. The summed E-state index contributed by atoms with van der Waals surface area (Å²) in [6, 6.07) is 10.8. The molecule has 0 radical (unpaired) electrons. The summed E-state index contributed by atoms with van der Waals surface area (Å²) >= 11 is 5.68. The van der Waals surface area contributed by atoms with Crippen molar-refractivity contribution in [2.75, 3.05) is 0 Å². The monoisotopic (exact) mass is 313 g/mol. The maximum absolute atomic E-state index is 13.1. The van der Waals surface area contributed by atoms with Gasteiger partial charge in [0.2, 0.25) is 0 Å². The second-order valence-electron chi connectivity index (χ2n) is 4.37. The van der Waals surface area contributed by atoms with Gasteiger partial charge in [-0.15, -0.1) is 0 Å². The highest BCUT2D eigenvalue weighted by Crippen LogP contribution is 2.32. The van der Waals surface area contributed by atoms with Crippen LogP contribution in [0.2, 0.25) is 5.02 Å². The number of carbonyl (C=O) groups excluding carboxylic acids is 1. The lowest BCUT2D eigenvalue weighted by Crippen LogP contribution is -2.38.